The maximum absolute atomic E-state index is 13.2. The highest BCUT2D eigenvalue weighted by atomic mass is 19.1. The van der Waals surface area contributed by atoms with Gasteiger partial charge < -0.3 is 29.4 Å². The normalized spacial score (nSPS) is 14.6. The molecular formula is C33H27FN2O6. The van der Waals surface area contributed by atoms with Crippen molar-refractivity contribution < 1.29 is 32.9 Å². The number of hydrogen-bond acceptors (Lipinski definition) is 8. The predicted molar refractivity (Wildman–Crippen MR) is 152 cm³/mol. The summed E-state index contributed by atoms with van der Waals surface area (Å²) < 4.78 is 41.6. The van der Waals surface area contributed by atoms with Crippen LogP contribution in [-0.2, 0) is 11.4 Å². The Hall–Kier alpha value is -5.49. The number of hydrogen-bond donors (Lipinski definition) is 1. The SMILES string of the molecule is COc1cc(C2C(C#N)=C(N)Oc3cc(OC(=O)C(C)Oc4ccc(F)cc4)ccc32)ccc1OCc1ccccc1. The Morgan fingerprint density at radius 2 is 1.74 bits per heavy atom. The summed E-state index contributed by atoms with van der Waals surface area (Å²) in [6.07, 6.45) is -0.967. The molecule has 0 spiro atoms. The number of halogens is 1. The van der Waals surface area contributed by atoms with Gasteiger partial charge in [-0.25, -0.2) is 9.18 Å². The molecule has 1 aliphatic heterocycles. The fourth-order valence-electron chi connectivity index (χ4n) is 4.52. The zero-order valence-corrected chi connectivity index (χ0v) is 22.9. The van der Waals surface area contributed by atoms with Gasteiger partial charge in [0.05, 0.1) is 13.0 Å². The number of carbonyl (C=O) groups is 1. The zero-order valence-electron chi connectivity index (χ0n) is 22.9. The summed E-state index contributed by atoms with van der Waals surface area (Å²) in [6, 6.07) is 27.5. The number of nitriles is 1. The molecule has 2 atom stereocenters. The van der Waals surface area contributed by atoms with Gasteiger partial charge in [0.25, 0.3) is 0 Å². The van der Waals surface area contributed by atoms with Crippen molar-refractivity contribution in [2.75, 3.05) is 7.11 Å². The second kappa shape index (κ2) is 12.4. The summed E-state index contributed by atoms with van der Waals surface area (Å²) in [5, 5.41) is 9.95. The third-order valence-electron chi connectivity index (χ3n) is 6.63. The van der Waals surface area contributed by atoms with Crippen LogP contribution >= 0.6 is 0 Å². The summed E-state index contributed by atoms with van der Waals surface area (Å²) in [5.74, 6) is 0.190. The molecule has 0 aromatic heterocycles. The van der Waals surface area contributed by atoms with Crippen molar-refractivity contribution in [3.05, 3.63) is 125 Å². The minimum Gasteiger partial charge on any atom is -0.493 e. The summed E-state index contributed by atoms with van der Waals surface area (Å²) in [7, 11) is 1.54. The topological polar surface area (TPSA) is 113 Å². The molecule has 1 aliphatic rings. The largest absolute Gasteiger partial charge is 0.493 e. The molecule has 0 amide bonds. The quantitative estimate of drug-likeness (QED) is 0.194. The Kier molecular flexibility index (Phi) is 8.25. The van der Waals surface area contributed by atoms with Gasteiger partial charge in [0.2, 0.25) is 5.88 Å². The molecule has 0 aliphatic carbocycles. The second-order valence-corrected chi connectivity index (χ2v) is 9.44. The first kappa shape index (κ1) is 28.1. The molecule has 5 rings (SSSR count). The number of fused-ring (bicyclic) bond motifs is 1. The standard InChI is InChI=1S/C33H27FN2O6/c1-20(40-24-11-9-23(34)10-12-24)33(37)41-25-13-14-26-29(17-25)42-32(36)27(18-35)31(26)22-8-15-28(30(16-22)38-2)39-19-21-6-4-3-5-7-21/h3-17,20,31H,19,36H2,1-2H3. The Morgan fingerprint density at radius 1 is 1.00 bits per heavy atom. The van der Waals surface area contributed by atoms with E-state index in [0.29, 0.717) is 35.2 Å². The number of carbonyl (C=O) groups excluding carboxylic acids is 1. The third kappa shape index (κ3) is 6.13. The fraction of sp³-hybridized carbons (Fsp3) is 0.152. The van der Waals surface area contributed by atoms with E-state index in [2.05, 4.69) is 6.07 Å². The highest BCUT2D eigenvalue weighted by Crippen LogP contribution is 2.45. The van der Waals surface area contributed by atoms with Gasteiger partial charge in [-0.2, -0.15) is 5.26 Å². The van der Waals surface area contributed by atoms with Crippen molar-refractivity contribution >= 4 is 5.97 Å². The van der Waals surface area contributed by atoms with E-state index in [-0.39, 0.29) is 17.2 Å². The summed E-state index contributed by atoms with van der Waals surface area (Å²) in [4.78, 5) is 12.7. The van der Waals surface area contributed by atoms with E-state index >= 15 is 0 Å². The van der Waals surface area contributed by atoms with Gasteiger partial charge in [0, 0.05) is 11.6 Å². The Balaban J connectivity index is 1.37. The minimum absolute atomic E-state index is 0.0603. The second-order valence-electron chi connectivity index (χ2n) is 9.44. The van der Waals surface area contributed by atoms with Crippen LogP contribution in [0.5, 0.6) is 28.7 Å². The molecule has 4 aromatic carbocycles. The molecule has 42 heavy (non-hydrogen) atoms. The molecule has 0 fully saturated rings. The van der Waals surface area contributed by atoms with Gasteiger partial charge in [0.1, 0.15) is 41.3 Å². The average Bonchev–Trinajstić information content (AvgIpc) is 3.00. The monoisotopic (exact) mass is 566 g/mol. The van der Waals surface area contributed by atoms with Gasteiger partial charge in [-0.3, -0.25) is 0 Å². The van der Waals surface area contributed by atoms with E-state index < -0.39 is 23.8 Å². The van der Waals surface area contributed by atoms with Crippen molar-refractivity contribution in [3.8, 4) is 34.8 Å². The van der Waals surface area contributed by atoms with Crippen LogP contribution in [0.2, 0.25) is 0 Å². The first-order valence-electron chi connectivity index (χ1n) is 13.1. The highest BCUT2D eigenvalue weighted by molar-refractivity contribution is 5.77. The number of nitrogens with zero attached hydrogens (tertiary/aromatic N) is 1. The highest BCUT2D eigenvalue weighted by Gasteiger charge is 2.32. The molecule has 0 bridgehead atoms. The molecule has 212 valence electrons. The minimum atomic E-state index is -0.967. The lowest BCUT2D eigenvalue weighted by Gasteiger charge is -2.27. The van der Waals surface area contributed by atoms with Gasteiger partial charge in [-0.1, -0.05) is 42.5 Å². The summed E-state index contributed by atoms with van der Waals surface area (Å²) in [5.41, 5.74) is 8.79. The number of ether oxygens (including phenoxy) is 5. The molecule has 9 heteroatoms. The van der Waals surface area contributed by atoms with Crippen LogP contribution < -0.4 is 29.4 Å². The predicted octanol–water partition coefficient (Wildman–Crippen LogP) is 6.00. The van der Waals surface area contributed by atoms with E-state index in [1.54, 1.807) is 31.4 Å². The van der Waals surface area contributed by atoms with Crippen LogP contribution in [0.1, 0.15) is 29.5 Å². The van der Waals surface area contributed by atoms with E-state index in [1.807, 2.05) is 36.4 Å². The van der Waals surface area contributed by atoms with E-state index in [4.69, 9.17) is 29.4 Å². The zero-order chi connectivity index (χ0) is 29.6. The van der Waals surface area contributed by atoms with Crippen LogP contribution in [0, 0.1) is 17.1 Å². The van der Waals surface area contributed by atoms with Crippen LogP contribution in [0.3, 0.4) is 0 Å². The lowest BCUT2D eigenvalue weighted by molar-refractivity contribution is -0.141. The fourth-order valence-corrected chi connectivity index (χ4v) is 4.52. The molecule has 2 unspecified atom stereocenters. The van der Waals surface area contributed by atoms with Gasteiger partial charge >= 0.3 is 5.97 Å². The number of benzene rings is 4. The molecule has 4 aromatic rings. The van der Waals surface area contributed by atoms with Crippen LogP contribution in [-0.4, -0.2) is 19.2 Å². The first-order chi connectivity index (χ1) is 20.4. The molecular weight excluding hydrogens is 539 g/mol. The Bertz CT molecular complexity index is 1660. The lowest BCUT2D eigenvalue weighted by atomic mass is 9.83. The van der Waals surface area contributed by atoms with Crippen molar-refractivity contribution in [2.45, 2.75) is 25.6 Å². The third-order valence-corrected chi connectivity index (χ3v) is 6.63. The number of nitrogens with two attached hydrogens (primary N) is 1. The Morgan fingerprint density at radius 3 is 2.45 bits per heavy atom. The van der Waals surface area contributed by atoms with Crippen molar-refractivity contribution in [3.63, 3.8) is 0 Å². The van der Waals surface area contributed by atoms with Crippen LogP contribution in [0.4, 0.5) is 4.39 Å². The molecule has 0 saturated carbocycles. The number of esters is 1. The smallest absolute Gasteiger partial charge is 0.352 e. The van der Waals surface area contributed by atoms with Crippen molar-refractivity contribution in [1.29, 1.82) is 5.26 Å². The van der Waals surface area contributed by atoms with Crippen LogP contribution in [0.25, 0.3) is 0 Å². The first-order valence-corrected chi connectivity index (χ1v) is 13.1. The van der Waals surface area contributed by atoms with Gasteiger partial charge in [0.15, 0.2) is 17.6 Å². The molecule has 0 radical (unpaired) electrons. The van der Waals surface area contributed by atoms with Crippen molar-refractivity contribution in [2.24, 2.45) is 5.73 Å². The van der Waals surface area contributed by atoms with Crippen molar-refractivity contribution in [1.82, 2.24) is 0 Å². The van der Waals surface area contributed by atoms with E-state index in [1.165, 1.54) is 37.3 Å². The van der Waals surface area contributed by atoms with E-state index in [9.17, 15) is 14.4 Å². The molecule has 0 saturated heterocycles. The van der Waals surface area contributed by atoms with Gasteiger partial charge in [-0.15, -0.1) is 0 Å². The number of allylic oxidation sites excluding steroid dienone is 1. The summed E-state index contributed by atoms with van der Waals surface area (Å²) >= 11 is 0. The maximum atomic E-state index is 13.2. The molecule has 8 nitrogen and oxygen atoms in total. The summed E-state index contributed by atoms with van der Waals surface area (Å²) in [6.45, 7) is 1.89. The van der Waals surface area contributed by atoms with E-state index in [0.717, 1.165) is 11.1 Å². The molecule has 1 heterocycles. The van der Waals surface area contributed by atoms with Gasteiger partial charge in [-0.05, 0) is 60.5 Å². The lowest BCUT2D eigenvalue weighted by Crippen LogP contribution is -2.28. The number of rotatable bonds is 9. The molecule has 2 N–H and O–H groups in total. The van der Waals surface area contributed by atoms with Crippen LogP contribution in [0.15, 0.2) is 102 Å². The maximum Gasteiger partial charge on any atom is 0.352 e. The number of methoxy groups -OCH3 is 1. The average molecular weight is 567 g/mol. The Labute approximate surface area is 242 Å².